The summed E-state index contributed by atoms with van der Waals surface area (Å²) in [6.45, 7) is 1.56. The number of thiazole rings is 1. The van der Waals surface area contributed by atoms with Gasteiger partial charge in [-0.3, -0.25) is 9.69 Å². The van der Waals surface area contributed by atoms with Crippen molar-refractivity contribution in [1.29, 1.82) is 0 Å². The maximum Gasteiger partial charge on any atom is 0.471 e. The molecule has 1 aromatic rings. The number of aromatic carboxylic acids is 1. The number of hydrogen-bond acceptors (Lipinski definition) is 4. The molecular weight excluding hydrogens is 333 g/mol. The molecule has 1 rings (SSSR count). The van der Waals surface area contributed by atoms with Crippen LogP contribution >= 0.6 is 22.9 Å². The molecule has 118 valence electrons. The van der Waals surface area contributed by atoms with E-state index in [1.807, 2.05) is 0 Å². The number of rotatable bonds is 6. The van der Waals surface area contributed by atoms with E-state index in [2.05, 4.69) is 4.98 Å². The van der Waals surface area contributed by atoms with Gasteiger partial charge in [0.1, 0.15) is 4.88 Å². The van der Waals surface area contributed by atoms with E-state index in [9.17, 15) is 22.8 Å². The Kier molecular flexibility index (Phi) is 5.97. The lowest BCUT2D eigenvalue weighted by atomic mass is 10.3. The number of amides is 1. The average molecular weight is 345 g/mol. The SMILES string of the molecule is CCCCN(C(=O)C(F)(F)F)c1nc(CCl)c(C(=O)O)s1. The highest BCUT2D eigenvalue weighted by atomic mass is 35.5. The van der Waals surface area contributed by atoms with Gasteiger partial charge in [0, 0.05) is 6.54 Å². The van der Waals surface area contributed by atoms with Gasteiger partial charge >= 0.3 is 18.1 Å². The highest BCUT2D eigenvalue weighted by Crippen LogP contribution is 2.31. The fourth-order valence-corrected chi connectivity index (χ4v) is 2.68. The predicted molar refractivity (Wildman–Crippen MR) is 71.9 cm³/mol. The van der Waals surface area contributed by atoms with E-state index >= 15 is 0 Å². The molecule has 1 N–H and O–H groups in total. The molecule has 0 fully saturated rings. The number of nitrogens with zero attached hydrogens (tertiary/aromatic N) is 2. The van der Waals surface area contributed by atoms with Crippen LogP contribution in [0, 0.1) is 0 Å². The molecule has 1 amide bonds. The lowest BCUT2D eigenvalue weighted by Crippen LogP contribution is -2.41. The van der Waals surface area contributed by atoms with Gasteiger partial charge in [0.05, 0.1) is 11.6 Å². The number of carboxylic acids is 1. The largest absolute Gasteiger partial charge is 0.477 e. The van der Waals surface area contributed by atoms with Crippen molar-refractivity contribution in [3.05, 3.63) is 10.6 Å². The van der Waals surface area contributed by atoms with Crippen molar-refractivity contribution in [2.24, 2.45) is 0 Å². The van der Waals surface area contributed by atoms with Crippen LogP contribution in [0.15, 0.2) is 0 Å². The fourth-order valence-electron chi connectivity index (χ4n) is 1.47. The summed E-state index contributed by atoms with van der Waals surface area (Å²) in [7, 11) is 0. The Balaban J connectivity index is 3.20. The Hall–Kier alpha value is -1.35. The summed E-state index contributed by atoms with van der Waals surface area (Å²) in [4.78, 5) is 26.4. The predicted octanol–water partition coefficient (Wildman–Crippen LogP) is 3.28. The van der Waals surface area contributed by atoms with Crippen LogP contribution in [0.3, 0.4) is 0 Å². The maximum absolute atomic E-state index is 12.6. The molecular formula is C11H12ClF3N2O3S. The summed E-state index contributed by atoms with van der Waals surface area (Å²) in [5, 5.41) is 8.65. The first-order valence-electron chi connectivity index (χ1n) is 5.90. The molecule has 0 bridgehead atoms. The summed E-state index contributed by atoms with van der Waals surface area (Å²) in [5.41, 5.74) is -0.0550. The second-order valence-corrected chi connectivity index (χ2v) is 5.26. The van der Waals surface area contributed by atoms with Gasteiger partial charge in [0.15, 0.2) is 5.13 Å². The van der Waals surface area contributed by atoms with Crippen molar-refractivity contribution < 1.29 is 27.9 Å². The number of halogens is 4. The second-order valence-electron chi connectivity index (χ2n) is 4.02. The van der Waals surface area contributed by atoms with Crippen molar-refractivity contribution >= 4 is 39.9 Å². The minimum atomic E-state index is -5.05. The van der Waals surface area contributed by atoms with E-state index in [4.69, 9.17) is 16.7 Å². The van der Waals surface area contributed by atoms with Crippen LogP contribution in [0.2, 0.25) is 0 Å². The number of hydrogen-bond donors (Lipinski definition) is 1. The van der Waals surface area contributed by atoms with Gasteiger partial charge in [-0.1, -0.05) is 24.7 Å². The molecule has 0 saturated heterocycles. The Morgan fingerprint density at radius 2 is 2.05 bits per heavy atom. The van der Waals surface area contributed by atoms with Crippen LogP contribution in [0.5, 0.6) is 0 Å². The van der Waals surface area contributed by atoms with Crippen molar-refractivity contribution in [2.75, 3.05) is 11.4 Å². The number of carbonyl (C=O) groups is 2. The lowest BCUT2D eigenvalue weighted by molar-refractivity contribution is -0.170. The van der Waals surface area contributed by atoms with Crippen molar-refractivity contribution in [3.8, 4) is 0 Å². The first-order valence-corrected chi connectivity index (χ1v) is 7.25. The van der Waals surface area contributed by atoms with Crippen LogP contribution in [-0.4, -0.2) is 34.7 Å². The number of anilines is 1. The molecule has 0 aliphatic rings. The molecule has 1 aromatic heterocycles. The van der Waals surface area contributed by atoms with E-state index in [1.165, 1.54) is 0 Å². The molecule has 0 spiro atoms. The Morgan fingerprint density at radius 3 is 2.43 bits per heavy atom. The Morgan fingerprint density at radius 1 is 1.43 bits per heavy atom. The van der Waals surface area contributed by atoms with E-state index in [0.717, 1.165) is 0 Å². The van der Waals surface area contributed by atoms with Crippen LogP contribution in [0.1, 0.15) is 35.1 Å². The molecule has 0 aliphatic heterocycles. The van der Waals surface area contributed by atoms with Crippen molar-refractivity contribution in [1.82, 2.24) is 4.98 Å². The first-order chi connectivity index (χ1) is 9.72. The Labute approximate surface area is 127 Å². The van der Waals surface area contributed by atoms with Gasteiger partial charge in [-0.05, 0) is 6.42 Å². The number of carbonyl (C=O) groups excluding carboxylic acids is 1. The van der Waals surface area contributed by atoms with E-state index in [1.54, 1.807) is 6.92 Å². The monoisotopic (exact) mass is 344 g/mol. The molecule has 0 radical (unpaired) electrons. The minimum Gasteiger partial charge on any atom is -0.477 e. The molecule has 0 aliphatic carbocycles. The topological polar surface area (TPSA) is 70.5 Å². The fraction of sp³-hybridized carbons (Fsp3) is 0.545. The van der Waals surface area contributed by atoms with Crippen LogP contribution in [0.25, 0.3) is 0 Å². The number of alkyl halides is 4. The summed E-state index contributed by atoms with van der Waals surface area (Å²) >= 11 is 6.03. The zero-order chi connectivity index (χ0) is 16.2. The quantitative estimate of drug-likeness (QED) is 0.804. The smallest absolute Gasteiger partial charge is 0.471 e. The molecule has 21 heavy (non-hydrogen) atoms. The van der Waals surface area contributed by atoms with E-state index in [-0.39, 0.29) is 28.1 Å². The van der Waals surface area contributed by atoms with E-state index in [0.29, 0.717) is 29.1 Å². The third kappa shape index (κ3) is 4.31. The van der Waals surface area contributed by atoms with Gasteiger partial charge in [-0.25, -0.2) is 9.78 Å². The minimum absolute atomic E-state index is 0.0550. The molecule has 0 aromatic carbocycles. The van der Waals surface area contributed by atoms with Crippen LogP contribution in [0.4, 0.5) is 18.3 Å². The molecule has 10 heteroatoms. The summed E-state index contributed by atoms with van der Waals surface area (Å²) in [5.74, 6) is -3.67. The average Bonchev–Trinajstić information content (AvgIpc) is 2.82. The molecule has 1 heterocycles. The number of aromatic nitrogens is 1. The Bertz CT molecular complexity index is 533. The van der Waals surface area contributed by atoms with E-state index < -0.39 is 18.1 Å². The summed E-state index contributed by atoms with van der Waals surface area (Å²) < 4.78 is 37.8. The lowest BCUT2D eigenvalue weighted by Gasteiger charge is -2.20. The van der Waals surface area contributed by atoms with Gasteiger partial charge in [0.25, 0.3) is 0 Å². The number of carboxylic acid groups (broad SMARTS) is 1. The third-order valence-corrected chi connectivity index (χ3v) is 3.82. The van der Waals surface area contributed by atoms with Gasteiger partial charge in [-0.15, -0.1) is 11.6 Å². The molecule has 0 saturated carbocycles. The van der Waals surface area contributed by atoms with Crippen molar-refractivity contribution in [3.63, 3.8) is 0 Å². The first kappa shape index (κ1) is 17.7. The molecule has 0 atom stereocenters. The van der Waals surface area contributed by atoms with Gasteiger partial charge in [0.2, 0.25) is 0 Å². The van der Waals surface area contributed by atoms with Crippen LogP contribution < -0.4 is 4.90 Å². The third-order valence-electron chi connectivity index (χ3n) is 2.46. The molecule has 5 nitrogen and oxygen atoms in total. The maximum atomic E-state index is 12.6. The summed E-state index contributed by atoms with van der Waals surface area (Å²) in [6, 6.07) is 0. The number of unbranched alkanes of at least 4 members (excludes halogenated alkanes) is 1. The zero-order valence-corrected chi connectivity index (χ0v) is 12.5. The zero-order valence-electron chi connectivity index (χ0n) is 10.9. The molecule has 0 unspecified atom stereocenters. The van der Waals surface area contributed by atoms with Gasteiger partial charge < -0.3 is 5.11 Å². The highest BCUT2D eigenvalue weighted by molar-refractivity contribution is 7.17. The normalized spacial score (nSPS) is 11.5. The second kappa shape index (κ2) is 7.08. The summed E-state index contributed by atoms with van der Waals surface area (Å²) in [6.07, 6.45) is -4.15. The van der Waals surface area contributed by atoms with Crippen molar-refractivity contribution in [2.45, 2.75) is 31.8 Å². The van der Waals surface area contributed by atoms with Crippen LogP contribution in [-0.2, 0) is 10.7 Å². The standard InChI is InChI=1S/C11H12ClF3N2O3S/c1-2-3-4-17(9(20)11(13,14)15)10-16-6(5-12)7(21-10)8(18)19/h2-5H2,1H3,(H,18,19). The van der Waals surface area contributed by atoms with Gasteiger partial charge in [-0.2, -0.15) is 13.2 Å². The highest BCUT2D eigenvalue weighted by Gasteiger charge is 2.44.